The average Bonchev–Trinajstić information content (AvgIpc) is 3.41. The fourth-order valence-electron chi connectivity index (χ4n) is 5.44. The highest BCUT2D eigenvalue weighted by Crippen LogP contribution is 2.29. The Hall–Kier alpha value is -4.78. The van der Waals surface area contributed by atoms with Gasteiger partial charge in [-0.25, -0.2) is 4.98 Å². The van der Waals surface area contributed by atoms with Crippen molar-refractivity contribution >= 4 is 51.6 Å². The number of aryl methyl sites for hydroxylation is 1. The molecule has 0 unspecified atom stereocenters. The number of piperazine rings is 1. The maximum absolute atomic E-state index is 13.5. The summed E-state index contributed by atoms with van der Waals surface area (Å²) in [4.78, 5) is 34.4. The van der Waals surface area contributed by atoms with Gasteiger partial charge in [-0.15, -0.1) is 0 Å². The van der Waals surface area contributed by atoms with Crippen LogP contribution < -0.4 is 14.8 Å². The lowest BCUT2D eigenvalue weighted by Gasteiger charge is -2.34. The normalized spacial score (nSPS) is 13.8. The van der Waals surface area contributed by atoms with Crippen molar-refractivity contribution in [3.63, 3.8) is 0 Å². The summed E-state index contributed by atoms with van der Waals surface area (Å²) in [5.74, 6) is 0.579. The molecule has 1 aliphatic rings. The zero-order chi connectivity index (χ0) is 34.7. The van der Waals surface area contributed by atoms with Gasteiger partial charge in [-0.2, -0.15) is 13.2 Å². The van der Waals surface area contributed by atoms with E-state index in [0.717, 1.165) is 16.5 Å². The lowest BCUT2D eigenvalue weighted by molar-refractivity contribution is -0.153. The van der Waals surface area contributed by atoms with Crippen LogP contribution in [0.25, 0.3) is 10.9 Å². The Morgan fingerprint density at radius 3 is 2.29 bits per heavy atom. The molecule has 6 rings (SSSR count). The van der Waals surface area contributed by atoms with E-state index < -0.39 is 12.8 Å². The molecule has 254 valence electrons. The molecule has 49 heavy (non-hydrogen) atoms. The maximum atomic E-state index is 13.5. The van der Waals surface area contributed by atoms with Crippen LogP contribution in [0.15, 0.2) is 85.1 Å². The van der Waals surface area contributed by atoms with Crippen LogP contribution in [-0.2, 0) is 13.6 Å². The lowest BCUT2D eigenvalue weighted by Crippen LogP contribution is -2.48. The highest BCUT2D eigenvalue weighted by molar-refractivity contribution is 6.42. The van der Waals surface area contributed by atoms with Crippen LogP contribution in [0.2, 0.25) is 10.0 Å². The zero-order valence-corrected chi connectivity index (χ0v) is 27.6. The second-order valence-corrected chi connectivity index (χ2v) is 12.3. The molecule has 14 heteroatoms. The third kappa shape index (κ3) is 8.45. The predicted molar refractivity (Wildman–Crippen MR) is 181 cm³/mol. The molecule has 0 bridgehead atoms. The average molecular weight is 713 g/mol. The summed E-state index contributed by atoms with van der Waals surface area (Å²) in [7, 11) is 1.83. The monoisotopic (exact) mass is 711 g/mol. The van der Waals surface area contributed by atoms with Crippen molar-refractivity contribution in [2.75, 3.05) is 38.1 Å². The number of benzene rings is 3. The Labute approximate surface area is 289 Å². The van der Waals surface area contributed by atoms with Gasteiger partial charge in [-0.05, 0) is 60.2 Å². The first-order chi connectivity index (χ1) is 23.4. The molecule has 3 heterocycles. The van der Waals surface area contributed by atoms with Crippen LogP contribution in [0.5, 0.6) is 17.4 Å². The van der Waals surface area contributed by atoms with E-state index >= 15 is 0 Å². The molecule has 1 N–H and O–H groups in total. The van der Waals surface area contributed by atoms with Crippen molar-refractivity contribution < 1.29 is 32.2 Å². The van der Waals surface area contributed by atoms with Crippen molar-refractivity contribution in [1.29, 1.82) is 0 Å². The van der Waals surface area contributed by atoms with Gasteiger partial charge in [0.05, 0.1) is 27.4 Å². The SMILES string of the molecule is Cn1c(C(=O)N2CCN(Cc3ccc(OCC(F)(F)F)cc3)CC2)cc2ccc(Oc3ccc(NC(=O)c4ccc(Cl)c(Cl)c4)cn3)cc21. The summed E-state index contributed by atoms with van der Waals surface area (Å²) >= 11 is 11.9. The number of aromatic nitrogens is 2. The van der Waals surface area contributed by atoms with Gasteiger partial charge in [0.25, 0.3) is 11.8 Å². The second kappa shape index (κ2) is 14.4. The summed E-state index contributed by atoms with van der Waals surface area (Å²) < 4.78 is 49.8. The third-order valence-corrected chi connectivity index (χ3v) is 8.76. The molecule has 0 radical (unpaired) electrons. The number of hydrogen-bond acceptors (Lipinski definition) is 6. The minimum Gasteiger partial charge on any atom is -0.484 e. The number of fused-ring (bicyclic) bond motifs is 1. The molecule has 3 aromatic carbocycles. The number of rotatable bonds is 9. The zero-order valence-electron chi connectivity index (χ0n) is 26.1. The summed E-state index contributed by atoms with van der Waals surface area (Å²) in [5, 5.41) is 4.28. The highest BCUT2D eigenvalue weighted by Gasteiger charge is 2.28. The number of ether oxygens (including phenoxy) is 2. The van der Waals surface area contributed by atoms with E-state index in [9.17, 15) is 22.8 Å². The Kier molecular flexibility index (Phi) is 10.00. The molecule has 1 aliphatic heterocycles. The molecule has 5 aromatic rings. The standard InChI is InChI=1S/C35H30Cl2F3N5O4/c1-43-30-18-27(49-32-11-6-25(19-41-32)42-33(46)24-5-10-28(36)29(37)16-24)9-4-23(30)17-31(43)34(47)45-14-12-44(13-15-45)20-22-2-7-26(8-3-22)48-21-35(38,39)40/h2-11,16-19H,12-15,20-21H2,1H3,(H,42,46). The van der Waals surface area contributed by atoms with Crippen LogP contribution in [0.1, 0.15) is 26.4 Å². The van der Waals surface area contributed by atoms with Crippen molar-refractivity contribution in [2.45, 2.75) is 12.7 Å². The van der Waals surface area contributed by atoms with Crippen molar-refractivity contribution in [1.82, 2.24) is 19.4 Å². The number of pyridine rings is 1. The van der Waals surface area contributed by atoms with Crippen LogP contribution >= 0.6 is 23.2 Å². The van der Waals surface area contributed by atoms with Gasteiger partial charge in [-0.1, -0.05) is 35.3 Å². The molecule has 0 atom stereocenters. The smallest absolute Gasteiger partial charge is 0.422 e. The first-order valence-electron chi connectivity index (χ1n) is 15.2. The number of carbonyl (C=O) groups excluding carboxylic acids is 2. The van der Waals surface area contributed by atoms with Gasteiger partial charge >= 0.3 is 6.18 Å². The Morgan fingerprint density at radius 2 is 1.61 bits per heavy atom. The number of alkyl halides is 3. The van der Waals surface area contributed by atoms with Crippen LogP contribution in [0.3, 0.4) is 0 Å². The van der Waals surface area contributed by atoms with Gasteiger partial charge in [-0.3, -0.25) is 14.5 Å². The number of halogens is 5. The topological polar surface area (TPSA) is 88.9 Å². The number of hydrogen-bond donors (Lipinski definition) is 1. The van der Waals surface area contributed by atoms with Crippen molar-refractivity contribution in [2.24, 2.45) is 7.05 Å². The molecule has 2 amide bonds. The highest BCUT2D eigenvalue weighted by atomic mass is 35.5. The number of amides is 2. The maximum Gasteiger partial charge on any atom is 0.422 e. The van der Waals surface area contributed by atoms with E-state index in [2.05, 4.69) is 15.2 Å². The van der Waals surface area contributed by atoms with E-state index in [1.54, 1.807) is 42.5 Å². The fourth-order valence-corrected chi connectivity index (χ4v) is 5.74. The number of nitrogens with one attached hydrogen (secondary N) is 1. The third-order valence-electron chi connectivity index (χ3n) is 8.03. The van der Waals surface area contributed by atoms with Gasteiger partial charge < -0.3 is 24.3 Å². The molecule has 9 nitrogen and oxygen atoms in total. The molecule has 2 aromatic heterocycles. The van der Waals surface area contributed by atoms with E-state index in [-0.39, 0.29) is 22.6 Å². The lowest BCUT2D eigenvalue weighted by atomic mass is 10.2. The first-order valence-corrected chi connectivity index (χ1v) is 16.0. The van der Waals surface area contributed by atoms with Crippen molar-refractivity contribution in [3.8, 4) is 17.4 Å². The number of nitrogens with zero attached hydrogens (tertiary/aromatic N) is 4. The van der Waals surface area contributed by atoms with E-state index in [0.29, 0.717) is 66.3 Å². The van der Waals surface area contributed by atoms with Gasteiger partial charge in [0.1, 0.15) is 17.2 Å². The van der Waals surface area contributed by atoms with Crippen LogP contribution in [0, 0.1) is 0 Å². The molecular weight excluding hydrogens is 682 g/mol. The summed E-state index contributed by atoms with van der Waals surface area (Å²) in [5.41, 5.74) is 3.14. The summed E-state index contributed by atoms with van der Waals surface area (Å²) in [6, 6.07) is 21.9. The van der Waals surface area contributed by atoms with Crippen molar-refractivity contribution in [3.05, 3.63) is 112 Å². The Bertz CT molecular complexity index is 1980. The van der Waals surface area contributed by atoms with E-state index in [1.807, 2.05) is 34.7 Å². The minimum absolute atomic E-state index is 0.0767. The first kappa shape index (κ1) is 34.1. The molecule has 1 fully saturated rings. The second-order valence-electron chi connectivity index (χ2n) is 11.5. The van der Waals surface area contributed by atoms with Crippen LogP contribution in [0.4, 0.5) is 18.9 Å². The predicted octanol–water partition coefficient (Wildman–Crippen LogP) is 7.82. The fraction of sp³-hybridized carbons (Fsp3) is 0.229. The summed E-state index contributed by atoms with van der Waals surface area (Å²) in [6.45, 7) is 1.68. The quantitative estimate of drug-likeness (QED) is 0.168. The molecule has 0 saturated carbocycles. The van der Waals surface area contributed by atoms with Gasteiger partial charge in [0.15, 0.2) is 6.61 Å². The molecule has 0 aliphatic carbocycles. The Morgan fingerprint density at radius 1 is 0.878 bits per heavy atom. The number of anilines is 1. The van der Waals surface area contributed by atoms with Gasteiger partial charge in [0.2, 0.25) is 5.88 Å². The van der Waals surface area contributed by atoms with Crippen LogP contribution in [-0.4, -0.2) is 70.1 Å². The minimum atomic E-state index is -4.38. The van der Waals surface area contributed by atoms with E-state index in [1.165, 1.54) is 24.4 Å². The molecule has 1 saturated heterocycles. The van der Waals surface area contributed by atoms with Gasteiger partial charge in [0, 0.05) is 62.9 Å². The molecular formula is C35H30Cl2F3N5O4. The Balaban J connectivity index is 1.03. The number of carbonyl (C=O) groups is 2. The van der Waals surface area contributed by atoms with E-state index in [4.69, 9.17) is 32.7 Å². The molecule has 0 spiro atoms. The largest absolute Gasteiger partial charge is 0.484 e. The summed E-state index contributed by atoms with van der Waals surface area (Å²) in [6.07, 6.45) is -2.90.